The quantitative estimate of drug-likeness (QED) is 0.902. The summed E-state index contributed by atoms with van der Waals surface area (Å²) in [7, 11) is 0. The highest BCUT2D eigenvalue weighted by Gasteiger charge is 2.10. The second kappa shape index (κ2) is 6.09. The summed E-state index contributed by atoms with van der Waals surface area (Å²) in [4.78, 5) is 22.2. The van der Waals surface area contributed by atoms with Gasteiger partial charge in [-0.05, 0) is 36.8 Å². The van der Waals surface area contributed by atoms with E-state index in [0.29, 0.717) is 17.2 Å². The van der Waals surface area contributed by atoms with Crippen LogP contribution in [0.25, 0.3) is 0 Å². The fourth-order valence-electron chi connectivity index (χ4n) is 1.81. The predicted octanol–water partition coefficient (Wildman–Crippen LogP) is 3.44. The molecular weight excluding hydrogens is 270 g/mol. The van der Waals surface area contributed by atoms with Crippen LogP contribution in [-0.4, -0.2) is 17.0 Å². The van der Waals surface area contributed by atoms with Crippen molar-refractivity contribution in [1.82, 2.24) is 0 Å². The lowest BCUT2D eigenvalue weighted by atomic mass is 10.1. The van der Waals surface area contributed by atoms with E-state index in [0.717, 1.165) is 5.56 Å². The molecule has 21 heavy (non-hydrogen) atoms. The molecule has 5 nitrogen and oxygen atoms in total. The Morgan fingerprint density at radius 3 is 2.48 bits per heavy atom. The maximum atomic E-state index is 11.2. The first-order valence-corrected chi connectivity index (χ1v) is 6.36. The third-order valence-electron chi connectivity index (χ3n) is 2.85. The van der Waals surface area contributed by atoms with Crippen molar-refractivity contribution in [1.29, 1.82) is 0 Å². The van der Waals surface area contributed by atoms with E-state index in [4.69, 9.17) is 9.84 Å². The maximum absolute atomic E-state index is 11.2. The summed E-state index contributed by atoms with van der Waals surface area (Å²) < 4.78 is 5.75. The molecule has 2 rings (SSSR count). The van der Waals surface area contributed by atoms with Gasteiger partial charge < -0.3 is 15.2 Å². The van der Waals surface area contributed by atoms with E-state index in [1.54, 1.807) is 30.3 Å². The molecule has 0 aromatic heterocycles. The lowest BCUT2D eigenvalue weighted by molar-refractivity contribution is -0.114. The number of carboxylic acid groups (broad SMARTS) is 1. The van der Waals surface area contributed by atoms with Gasteiger partial charge in [-0.15, -0.1) is 0 Å². The summed E-state index contributed by atoms with van der Waals surface area (Å²) in [5, 5.41) is 11.7. The van der Waals surface area contributed by atoms with Gasteiger partial charge in [0.25, 0.3) is 0 Å². The Labute approximate surface area is 122 Å². The lowest BCUT2D eigenvalue weighted by Crippen LogP contribution is -2.07. The van der Waals surface area contributed by atoms with E-state index in [-0.39, 0.29) is 11.5 Å². The average molecular weight is 285 g/mol. The number of nitrogens with one attached hydrogen (secondary N) is 1. The Hall–Kier alpha value is -2.82. The highest BCUT2D eigenvalue weighted by Crippen LogP contribution is 2.31. The summed E-state index contributed by atoms with van der Waals surface area (Å²) in [6.07, 6.45) is 0. The topological polar surface area (TPSA) is 75.6 Å². The second-order valence-electron chi connectivity index (χ2n) is 4.56. The van der Waals surface area contributed by atoms with Crippen LogP contribution in [0.15, 0.2) is 42.5 Å². The van der Waals surface area contributed by atoms with Crippen LogP contribution in [0, 0.1) is 6.92 Å². The molecule has 0 radical (unpaired) electrons. The molecule has 0 saturated carbocycles. The highest BCUT2D eigenvalue weighted by molar-refractivity contribution is 5.90. The van der Waals surface area contributed by atoms with Crippen LogP contribution in [0.3, 0.4) is 0 Å². The smallest absolute Gasteiger partial charge is 0.335 e. The summed E-state index contributed by atoms with van der Waals surface area (Å²) in [6, 6.07) is 11.6. The Balaban J connectivity index is 2.36. The molecule has 108 valence electrons. The molecule has 5 heteroatoms. The van der Waals surface area contributed by atoms with Gasteiger partial charge in [0.15, 0.2) is 5.75 Å². The Kier molecular flexibility index (Phi) is 4.23. The van der Waals surface area contributed by atoms with Crippen molar-refractivity contribution < 1.29 is 19.4 Å². The number of rotatable bonds is 4. The van der Waals surface area contributed by atoms with Crippen LogP contribution >= 0.6 is 0 Å². The molecule has 0 unspecified atom stereocenters. The number of carboxylic acids is 1. The Bertz CT molecular complexity index is 694. The number of benzene rings is 2. The SMILES string of the molecule is CC(=O)Nc1ccccc1Oc1cc(C(=O)O)ccc1C. The number of aryl methyl sites for hydroxylation is 1. The van der Waals surface area contributed by atoms with E-state index < -0.39 is 5.97 Å². The van der Waals surface area contributed by atoms with Crippen LogP contribution in [0.2, 0.25) is 0 Å². The van der Waals surface area contributed by atoms with Crippen molar-refractivity contribution in [3.63, 3.8) is 0 Å². The molecule has 0 aliphatic carbocycles. The fraction of sp³-hybridized carbons (Fsp3) is 0.125. The molecule has 0 fully saturated rings. The minimum atomic E-state index is -1.02. The molecule has 0 aliphatic rings. The molecule has 0 atom stereocenters. The zero-order valence-corrected chi connectivity index (χ0v) is 11.7. The predicted molar refractivity (Wildman–Crippen MR) is 79.0 cm³/mol. The maximum Gasteiger partial charge on any atom is 0.335 e. The van der Waals surface area contributed by atoms with Crippen molar-refractivity contribution in [3.8, 4) is 11.5 Å². The van der Waals surface area contributed by atoms with E-state index in [1.165, 1.54) is 19.1 Å². The van der Waals surface area contributed by atoms with Gasteiger partial charge in [-0.1, -0.05) is 18.2 Å². The number of aromatic carboxylic acids is 1. The molecule has 2 aromatic rings. The number of para-hydroxylation sites is 2. The van der Waals surface area contributed by atoms with Crippen molar-refractivity contribution in [3.05, 3.63) is 53.6 Å². The summed E-state index contributed by atoms with van der Waals surface area (Å²) in [5.41, 5.74) is 1.48. The number of carbonyl (C=O) groups excluding carboxylic acids is 1. The van der Waals surface area contributed by atoms with Crippen molar-refractivity contribution in [2.24, 2.45) is 0 Å². The van der Waals surface area contributed by atoms with Crippen LogP contribution in [-0.2, 0) is 4.79 Å². The Morgan fingerprint density at radius 1 is 1.10 bits per heavy atom. The molecule has 0 aliphatic heterocycles. The third-order valence-corrected chi connectivity index (χ3v) is 2.85. The third kappa shape index (κ3) is 3.60. The normalized spacial score (nSPS) is 10.0. The lowest BCUT2D eigenvalue weighted by Gasteiger charge is -2.13. The molecule has 2 N–H and O–H groups in total. The molecular formula is C16H15NO4. The van der Waals surface area contributed by atoms with Crippen molar-refractivity contribution >= 4 is 17.6 Å². The molecule has 2 aromatic carbocycles. The number of amides is 1. The minimum Gasteiger partial charge on any atom is -0.478 e. The Morgan fingerprint density at radius 2 is 1.81 bits per heavy atom. The standard InChI is InChI=1S/C16H15NO4/c1-10-7-8-12(16(19)20)9-15(10)21-14-6-4-3-5-13(14)17-11(2)18/h3-9H,1-2H3,(H,17,18)(H,19,20). The monoisotopic (exact) mass is 285 g/mol. The van der Waals surface area contributed by atoms with Gasteiger partial charge in [-0.3, -0.25) is 4.79 Å². The van der Waals surface area contributed by atoms with Gasteiger partial charge >= 0.3 is 5.97 Å². The summed E-state index contributed by atoms with van der Waals surface area (Å²) >= 11 is 0. The summed E-state index contributed by atoms with van der Waals surface area (Å²) in [6.45, 7) is 3.23. The van der Waals surface area contributed by atoms with Crippen molar-refractivity contribution in [2.75, 3.05) is 5.32 Å². The van der Waals surface area contributed by atoms with Crippen LogP contribution < -0.4 is 10.1 Å². The van der Waals surface area contributed by atoms with Gasteiger partial charge in [-0.2, -0.15) is 0 Å². The van der Waals surface area contributed by atoms with Gasteiger partial charge in [0.05, 0.1) is 11.3 Å². The number of hydrogen-bond acceptors (Lipinski definition) is 3. The first kappa shape index (κ1) is 14.6. The molecule has 1 amide bonds. The first-order chi connectivity index (χ1) is 9.97. The van der Waals surface area contributed by atoms with Gasteiger partial charge in [0, 0.05) is 6.92 Å². The number of hydrogen-bond donors (Lipinski definition) is 2. The van der Waals surface area contributed by atoms with Gasteiger partial charge in [0.2, 0.25) is 5.91 Å². The largest absolute Gasteiger partial charge is 0.478 e. The second-order valence-corrected chi connectivity index (χ2v) is 4.56. The number of carbonyl (C=O) groups is 2. The minimum absolute atomic E-state index is 0.146. The fourth-order valence-corrected chi connectivity index (χ4v) is 1.81. The van der Waals surface area contributed by atoms with E-state index in [9.17, 15) is 9.59 Å². The molecule has 0 saturated heterocycles. The van der Waals surface area contributed by atoms with Crippen LogP contribution in [0.5, 0.6) is 11.5 Å². The summed E-state index contributed by atoms with van der Waals surface area (Å²) in [5.74, 6) is -0.330. The molecule has 0 heterocycles. The van der Waals surface area contributed by atoms with E-state index in [1.807, 2.05) is 6.92 Å². The molecule has 0 bridgehead atoms. The number of ether oxygens (including phenoxy) is 1. The zero-order chi connectivity index (χ0) is 15.4. The number of anilines is 1. The van der Waals surface area contributed by atoms with Crippen LogP contribution in [0.1, 0.15) is 22.8 Å². The van der Waals surface area contributed by atoms with Crippen molar-refractivity contribution in [2.45, 2.75) is 13.8 Å². The highest BCUT2D eigenvalue weighted by atomic mass is 16.5. The van der Waals surface area contributed by atoms with Crippen LogP contribution in [0.4, 0.5) is 5.69 Å². The van der Waals surface area contributed by atoms with E-state index >= 15 is 0 Å². The first-order valence-electron chi connectivity index (χ1n) is 6.36. The van der Waals surface area contributed by atoms with Gasteiger partial charge in [0.1, 0.15) is 5.75 Å². The van der Waals surface area contributed by atoms with E-state index in [2.05, 4.69) is 5.32 Å². The average Bonchev–Trinajstić information content (AvgIpc) is 2.42. The zero-order valence-electron chi connectivity index (χ0n) is 11.7. The van der Waals surface area contributed by atoms with Gasteiger partial charge in [-0.25, -0.2) is 4.79 Å². The molecule has 0 spiro atoms.